The average molecular weight is 264 g/mol. The maximum absolute atomic E-state index is 11.4. The van der Waals surface area contributed by atoms with E-state index in [1.165, 1.54) is 0 Å². The summed E-state index contributed by atoms with van der Waals surface area (Å²) in [7, 11) is -4.45. The Morgan fingerprint density at radius 3 is 2.31 bits per heavy atom. The Kier molecular flexibility index (Phi) is 3.84. The molecule has 0 aromatic rings. The molecule has 1 aliphatic rings. The van der Waals surface area contributed by atoms with Crippen LogP contribution < -0.4 is 0 Å². The van der Waals surface area contributed by atoms with Crippen LogP contribution in [0.5, 0.6) is 0 Å². The van der Waals surface area contributed by atoms with Crippen molar-refractivity contribution in [1.82, 2.24) is 0 Å². The Morgan fingerprint density at radius 2 is 2.00 bits per heavy atom. The summed E-state index contributed by atoms with van der Waals surface area (Å²) in [6, 6.07) is 0.669. The molecule has 1 aliphatic heterocycles. The Balaban J connectivity index is 2.77. The van der Waals surface area contributed by atoms with Crippen molar-refractivity contribution in [3.8, 4) is 0 Å². The number of rotatable bonds is 4. The third-order valence-corrected chi connectivity index (χ3v) is 6.44. The maximum Gasteiger partial charge on any atom is 0.306 e. The molecule has 0 aromatic heterocycles. The van der Waals surface area contributed by atoms with Gasteiger partial charge >= 0.3 is 5.97 Å². The molecule has 6 heteroatoms. The molecule has 0 aliphatic carbocycles. The molecule has 1 saturated heterocycles. The van der Waals surface area contributed by atoms with Crippen LogP contribution in [0.25, 0.3) is 0 Å². The monoisotopic (exact) mass is 264 g/mol. The molecule has 1 fully saturated rings. The average Bonchev–Trinajstić information content (AvgIpc) is 2.39. The van der Waals surface area contributed by atoms with Gasteiger partial charge in [-0.1, -0.05) is 19.6 Å². The molecule has 16 heavy (non-hydrogen) atoms. The predicted molar refractivity (Wildman–Crippen MR) is 66.0 cm³/mol. The van der Waals surface area contributed by atoms with Crippen LogP contribution in [0.15, 0.2) is 0 Å². The molecule has 0 amide bonds. The Morgan fingerprint density at radius 1 is 1.44 bits per heavy atom. The third-order valence-electron chi connectivity index (χ3n) is 2.99. The summed E-state index contributed by atoms with van der Waals surface area (Å²) < 4.78 is 22.7. The predicted octanol–water partition coefficient (Wildman–Crippen LogP) is 1.46. The Labute approximate surface area is 98.0 Å². The van der Waals surface area contributed by atoms with E-state index in [0.29, 0.717) is 12.5 Å². The molecule has 0 saturated carbocycles. The zero-order valence-electron chi connectivity index (χ0n) is 10.1. The third kappa shape index (κ3) is 3.90. The zero-order chi connectivity index (χ0) is 12.6. The van der Waals surface area contributed by atoms with E-state index in [1.807, 2.05) is 0 Å². The normalized spacial score (nSPS) is 26.6. The van der Waals surface area contributed by atoms with Gasteiger partial charge in [-0.3, -0.25) is 4.79 Å². The van der Waals surface area contributed by atoms with Gasteiger partial charge < -0.3 is 5.11 Å². The SMILES string of the molecule is C[Si](C)(C)CC(C(=O)O)C1CCS(=O)(=O)C1. The van der Waals surface area contributed by atoms with Gasteiger partial charge in [0.05, 0.1) is 17.4 Å². The van der Waals surface area contributed by atoms with Crippen molar-refractivity contribution < 1.29 is 18.3 Å². The minimum Gasteiger partial charge on any atom is -0.481 e. The van der Waals surface area contributed by atoms with Gasteiger partial charge in [0.25, 0.3) is 0 Å². The molecule has 1 N–H and O–H groups in total. The van der Waals surface area contributed by atoms with E-state index in [1.54, 1.807) is 0 Å². The van der Waals surface area contributed by atoms with Gasteiger partial charge in [-0.15, -0.1) is 0 Å². The molecule has 1 heterocycles. The molecule has 94 valence electrons. The lowest BCUT2D eigenvalue weighted by Gasteiger charge is -2.25. The number of hydrogen-bond donors (Lipinski definition) is 1. The van der Waals surface area contributed by atoms with Gasteiger partial charge in [0.1, 0.15) is 0 Å². The summed E-state index contributed by atoms with van der Waals surface area (Å²) in [4.78, 5) is 11.2. The van der Waals surface area contributed by atoms with E-state index in [0.717, 1.165) is 0 Å². The highest BCUT2D eigenvalue weighted by Crippen LogP contribution is 2.32. The lowest BCUT2D eigenvalue weighted by Crippen LogP contribution is -2.33. The van der Waals surface area contributed by atoms with Gasteiger partial charge in [0, 0.05) is 8.07 Å². The second-order valence-corrected chi connectivity index (χ2v) is 13.6. The summed E-state index contributed by atoms with van der Waals surface area (Å²) in [5.74, 6) is -1.25. The number of carbonyl (C=O) groups is 1. The van der Waals surface area contributed by atoms with Crippen LogP contribution in [0, 0.1) is 11.8 Å². The molecular formula is C10H20O4SSi. The maximum atomic E-state index is 11.4. The fraction of sp³-hybridized carbons (Fsp3) is 0.900. The molecule has 4 nitrogen and oxygen atoms in total. The number of hydrogen-bond acceptors (Lipinski definition) is 3. The zero-order valence-corrected chi connectivity index (χ0v) is 11.9. The van der Waals surface area contributed by atoms with E-state index in [-0.39, 0.29) is 17.4 Å². The van der Waals surface area contributed by atoms with E-state index in [9.17, 15) is 18.3 Å². The van der Waals surface area contributed by atoms with Crippen molar-refractivity contribution in [1.29, 1.82) is 0 Å². The van der Waals surface area contributed by atoms with E-state index < -0.39 is 29.8 Å². The number of carboxylic acids is 1. The van der Waals surface area contributed by atoms with Crippen molar-refractivity contribution >= 4 is 23.9 Å². The largest absolute Gasteiger partial charge is 0.481 e. The van der Waals surface area contributed by atoms with Crippen molar-refractivity contribution in [2.24, 2.45) is 11.8 Å². The minimum absolute atomic E-state index is 0.0639. The molecule has 1 rings (SSSR count). The summed E-state index contributed by atoms with van der Waals surface area (Å²) in [6.45, 7) is 6.35. The van der Waals surface area contributed by atoms with Gasteiger partial charge in [0.2, 0.25) is 0 Å². The van der Waals surface area contributed by atoms with Crippen LogP contribution >= 0.6 is 0 Å². The Hall–Kier alpha value is -0.363. The number of aliphatic carboxylic acids is 1. The molecule has 2 atom stereocenters. The van der Waals surface area contributed by atoms with Crippen molar-refractivity contribution in [2.75, 3.05) is 11.5 Å². The van der Waals surface area contributed by atoms with Crippen molar-refractivity contribution in [2.45, 2.75) is 32.1 Å². The van der Waals surface area contributed by atoms with Gasteiger partial charge in [-0.05, 0) is 18.4 Å². The highest BCUT2D eigenvalue weighted by Gasteiger charge is 2.39. The molecule has 0 aromatic carbocycles. The summed E-state index contributed by atoms with van der Waals surface area (Å²) in [5.41, 5.74) is 0. The number of carboxylic acid groups (broad SMARTS) is 1. The highest BCUT2D eigenvalue weighted by molar-refractivity contribution is 7.91. The molecule has 2 unspecified atom stereocenters. The van der Waals surface area contributed by atoms with E-state index >= 15 is 0 Å². The molecule has 0 spiro atoms. The first kappa shape index (κ1) is 13.7. The smallest absolute Gasteiger partial charge is 0.306 e. The van der Waals surface area contributed by atoms with Crippen LogP contribution in [0.2, 0.25) is 25.7 Å². The first-order chi connectivity index (χ1) is 7.11. The van der Waals surface area contributed by atoms with Crippen LogP contribution in [0.3, 0.4) is 0 Å². The molecule has 0 radical (unpaired) electrons. The molecule has 0 bridgehead atoms. The van der Waals surface area contributed by atoms with Crippen molar-refractivity contribution in [3.63, 3.8) is 0 Å². The van der Waals surface area contributed by atoms with Crippen LogP contribution in [0.1, 0.15) is 6.42 Å². The lowest BCUT2D eigenvalue weighted by atomic mass is 9.94. The standard InChI is InChI=1S/C10H20O4SSi/c1-16(2,3)7-9(10(11)12)8-4-5-15(13,14)6-8/h8-9H,4-7H2,1-3H3,(H,11,12). The lowest BCUT2D eigenvalue weighted by molar-refractivity contribution is -0.142. The fourth-order valence-electron chi connectivity index (χ4n) is 2.26. The topological polar surface area (TPSA) is 71.4 Å². The second-order valence-electron chi connectivity index (χ2n) is 5.87. The second kappa shape index (κ2) is 4.48. The minimum atomic E-state index is -2.98. The van der Waals surface area contributed by atoms with Gasteiger partial charge in [-0.2, -0.15) is 0 Å². The van der Waals surface area contributed by atoms with Crippen LogP contribution in [0.4, 0.5) is 0 Å². The first-order valence-electron chi connectivity index (χ1n) is 5.54. The number of sulfone groups is 1. The summed E-state index contributed by atoms with van der Waals surface area (Å²) in [5, 5.41) is 9.19. The van der Waals surface area contributed by atoms with Gasteiger partial charge in [-0.25, -0.2) is 8.42 Å². The van der Waals surface area contributed by atoms with Crippen molar-refractivity contribution in [3.05, 3.63) is 0 Å². The molecular weight excluding hydrogens is 244 g/mol. The summed E-state index contributed by atoms with van der Waals surface area (Å²) in [6.07, 6.45) is 0.518. The first-order valence-corrected chi connectivity index (χ1v) is 11.1. The fourth-order valence-corrected chi connectivity index (χ4v) is 5.96. The van der Waals surface area contributed by atoms with Crippen LogP contribution in [-0.4, -0.2) is 39.1 Å². The van der Waals surface area contributed by atoms with E-state index in [2.05, 4.69) is 19.6 Å². The summed E-state index contributed by atoms with van der Waals surface area (Å²) >= 11 is 0. The van der Waals surface area contributed by atoms with Gasteiger partial charge in [0.15, 0.2) is 9.84 Å². The quantitative estimate of drug-likeness (QED) is 0.780. The highest BCUT2D eigenvalue weighted by atomic mass is 32.2. The Bertz CT molecular complexity index is 369. The van der Waals surface area contributed by atoms with E-state index in [4.69, 9.17) is 0 Å². The van der Waals surface area contributed by atoms with Crippen LogP contribution in [-0.2, 0) is 14.6 Å².